The van der Waals surface area contributed by atoms with Crippen LogP contribution in [0.2, 0.25) is 0 Å². The highest BCUT2D eigenvalue weighted by Crippen LogP contribution is 2.14. The lowest BCUT2D eigenvalue weighted by atomic mass is 10.1. The second-order valence-electron chi connectivity index (χ2n) is 6.57. The third-order valence-electron chi connectivity index (χ3n) is 4.82. The van der Waals surface area contributed by atoms with Gasteiger partial charge in [0.15, 0.2) is 0 Å². The molecule has 1 aromatic heterocycles. The lowest BCUT2D eigenvalue weighted by Crippen LogP contribution is -2.51. The van der Waals surface area contributed by atoms with Crippen LogP contribution in [0.5, 0.6) is 0 Å². The molecule has 138 valence electrons. The maximum Gasteiger partial charge on any atom is 0.254 e. The van der Waals surface area contributed by atoms with Gasteiger partial charge in [-0.1, -0.05) is 0 Å². The van der Waals surface area contributed by atoms with Crippen LogP contribution in [0.25, 0.3) is 5.69 Å². The Labute approximate surface area is 152 Å². The maximum absolute atomic E-state index is 12.8. The van der Waals surface area contributed by atoms with Crippen molar-refractivity contribution in [1.29, 1.82) is 0 Å². The summed E-state index contributed by atoms with van der Waals surface area (Å²) < 4.78 is 13.1. The molecular formula is C18H23N5O3. The molecule has 0 aliphatic carbocycles. The highest BCUT2D eigenvalue weighted by atomic mass is 16.5. The molecule has 2 aliphatic rings. The predicted molar refractivity (Wildman–Crippen MR) is 94.3 cm³/mol. The van der Waals surface area contributed by atoms with Crippen LogP contribution in [0.3, 0.4) is 0 Å². The Hall–Kier alpha value is -2.29. The molecule has 0 spiro atoms. The number of hydrogen-bond acceptors (Lipinski definition) is 6. The first-order valence-corrected chi connectivity index (χ1v) is 8.95. The summed E-state index contributed by atoms with van der Waals surface area (Å²) in [6, 6.07) is 7.51. The van der Waals surface area contributed by atoms with Gasteiger partial charge in [-0.2, -0.15) is 0 Å². The number of nitrogens with zero attached hydrogens (tertiary/aromatic N) is 5. The molecule has 26 heavy (non-hydrogen) atoms. The Morgan fingerprint density at radius 1 is 1.04 bits per heavy atom. The standard InChI is InChI=1S/C18H23N5O3/c24-18(15-1-3-16(4-2-15)23-13-19-20-14-23)22-7-10-26-17(12-22)11-21-5-8-25-9-6-21/h1-4,13-14,17H,5-12H2. The number of carbonyl (C=O) groups excluding carboxylic acids is 1. The van der Waals surface area contributed by atoms with Crippen LogP contribution < -0.4 is 0 Å². The van der Waals surface area contributed by atoms with Gasteiger partial charge in [0.2, 0.25) is 0 Å². The number of rotatable bonds is 4. The fourth-order valence-corrected chi connectivity index (χ4v) is 3.38. The second-order valence-corrected chi connectivity index (χ2v) is 6.57. The van der Waals surface area contributed by atoms with Crippen molar-refractivity contribution in [3.8, 4) is 5.69 Å². The van der Waals surface area contributed by atoms with Gasteiger partial charge in [-0.05, 0) is 24.3 Å². The van der Waals surface area contributed by atoms with Crippen molar-refractivity contribution in [2.24, 2.45) is 0 Å². The van der Waals surface area contributed by atoms with Gasteiger partial charge < -0.3 is 14.4 Å². The number of amides is 1. The molecule has 2 saturated heterocycles. The van der Waals surface area contributed by atoms with E-state index in [1.807, 2.05) is 29.2 Å². The first kappa shape index (κ1) is 17.1. The molecule has 1 amide bonds. The van der Waals surface area contributed by atoms with Crippen molar-refractivity contribution in [1.82, 2.24) is 24.6 Å². The Bertz CT molecular complexity index is 713. The summed E-state index contributed by atoms with van der Waals surface area (Å²) in [5.74, 6) is 0.0515. The van der Waals surface area contributed by atoms with Crippen LogP contribution in [0, 0.1) is 0 Å². The van der Waals surface area contributed by atoms with E-state index in [0.29, 0.717) is 25.3 Å². The van der Waals surface area contributed by atoms with Crippen molar-refractivity contribution in [3.63, 3.8) is 0 Å². The summed E-state index contributed by atoms with van der Waals surface area (Å²) in [5.41, 5.74) is 1.62. The summed E-state index contributed by atoms with van der Waals surface area (Å²) in [6.07, 6.45) is 3.33. The van der Waals surface area contributed by atoms with E-state index in [4.69, 9.17) is 9.47 Å². The molecular weight excluding hydrogens is 334 g/mol. The fourth-order valence-electron chi connectivity index (χ4n) is 3.38. The zero-order chi connectivity index (χ0) is 17.8. The quantitative estimate of drug-likeness (QED) is 0.791. The van der Waals surface area contributed by atoms with Gasteiger partial charge >= 0.3 is 0 Å². The van der Waals surface area contributed by atoms with E-state index >= 15 is 0 Å². The third-order valence-corrected chi connectivity index (χ3v) is 4.82. The van der Waals surface area contributed by atoms with Crippen LogP contribution in [0.15, 0.2) is 36.9 Å². The molecule has 2 aromatic rings. The van der Waals surface area contributed by atoms with Gasteiger partial charge in [0.1, 0.15) is 12.7 Å². The Balaban J connectivity index is 1.37. The van der Waals surface area contributed by atoms with Crippen molar-refractivity contribution >= 4 is 5.91 Å². The first-order valence-electron chi connectivity index (χ1n) is 8.95. The van der Waals surface area contributed by atoms with Crippen LogP contribution in [-0.4, -0.2) is 89.1 Å². The first-order chi connectivity index (χ1) is 12.8. The Kier molecular flexibility index (Phi) is 5.24. The molecule has 0 saturated carbocycles. The van der Waals surface area contributed by atoms with E-state index in [1.165, 1.54) is 0 Å². The lowest BCUT2D eigenvalue weighted by Gasteiger charge is -2.36. The molecule has 3 heterocycles. The van der Waals surface area contributed by atoms with E-state index in [9.17, 15) is 4.79 Å². The Morgan fingerprint density at radius 2 is 1.77 bits per heavy atom. The normalized spacial score (nSPS) is 21.7. The van der Waals surface area contributed by atoms with Gasteiger partial charge in [0.25, 0.3) is 5.91 Å². The summed E-state index contributed by atoms with van der Waals surface area (Å²) in [6.45, 7) is 6.09. The number of hydrogen-bond donors (Lipinski definition) is 0. The van der Waals surface area contributed by atoms with Crippen molar-refractivity contribution in [3.05, 3.63) is 42.5 Å². The molecule has 2 aliphatic heterocycles. The maximum atomic E-state index is 12.8. The molecule has 8 nitrogen and oxygen atoms in total. The second kappa shape index (κ2) is 7.94. The Morgan fingerprint density at radius 3 is 2.50 bits per heavy atom. The molecule has 4 rings (SSSR count). The molecule has 2 fully saturated rings. The minimum Gasteiger partial charge on any atom is -0.379 e. The van der Waals surface area contributed by atoms with Crippen LogP contribution >= 0.6 is 0 Å². The highest BCUT2D eigenvalue weighted by molar-refractivity contribution is 5.94. The number of aromatic nitrogens is 3. The van der Waals surface area contributed by atoms with E-state index < -0.39 is 0 Å². The van der Waals surface area contributed by atoms with Crippen molar-refractivity contribution < 1.29 is 14.3 Å². The zero-order valence-corrected chi connectivity index (χ0v) is 14.7. The number of benzene rings is 1. The van der Waals surface area contributed by atoms with E-state index in [-0.39, 0.29) is 12.0 Å². The highest BCUT2D eigenvalue weighted by Gasteiger charge is 2.27. The average Bonchev–Trinajstić information content (AvgIpc) is 3.23. The summed E-state index contributed by atoms with van der Waals surface area (Å²) >= 11 is 0. The predicted octanol–water partition coefficient (Wildman–Crippen LogP) is 0.441. The van der Waals surface area contributed by atoms with Gasteiger partial charge in [-0.25, -0.2) is 0 Å². The summed E-state index contributed by atoms with van der Waals surface area (Å²) in [5, 5.41) is 7.60. The number of carbonyl (C=O) groups is 1. The van der Waals surface area contributed by atoms with Gasteiger partial charge in [0.05, 0.1) is 25.9 Å². The van der Waals surface area contributed by atoms with E-state index in [0.717, 1.165) is 38.5 Å². The van der Waals surface area contributed by atoms with Gasteiger partial charge in [0, 0.05) is 44.0 Å². The fraction of sp³-hybridized carbons (Fsp3) is 0.500. The van der Waals surface area contributed by atoms with E-state index in [1.54, 1.807) is 17.2 Å². The number of ether oxygens (including phenoxy) is 2. The average molecular weight is 357 g/mol. The minimum atomic E-state index is 0.0515. The molecule has 1 aromatic carbocycles. The summed E-state index contributed by atoms with van der Waals surface area (Å²) in [4.78, 5) is 17.1. The van der Waals surface area contributed by atoms with Crippen molar-refractivity contribution in [2.45, 2.75) is 6.10 Å². The molecule has 0 N–H and O–H groups in total. The lowest BCUT2D eigenvalue weighted by molar-refractivity contribution is -0.0503. The molecule has 1 atom stereocenters. The number of morpholine rings is 2. The minimum absolute atomic E-state index is 0.0515. The SMILES string of the molecule is O=C(c1ccc(-n2cnnc2)cc1)N1CCOC(CN2CCOCC2)C1. The summed E-state index contributed by atoms with van der Waals surface area (Å²) in [7, 11) is 0. The van der Waals surface area contributed by atoms with Crippen LogP contribution in [0.1, 0.15) is 10.4 Å². The van der Waals surface area contributed by atoms with Crippen LogP contribution in [-0.2, 0) is 9.47 Å². The molecule has 1 unspecified atom stereocenters. The molecule has 0 radical (unpaired) electrons. The topological polar surface area (TPSA) is 72.7 Å². The molecule has 8 heteroatoms. The zero-order valence-electron chi connectivity index (χ0n) is 14.7. The third kappa shape index (κ3) is 3.92. The van der Waals surface area contributed by atoms with Gasteiger partial charge in [-0.15, -0.1) is 10.2 Å². The smallest absolute Gasteiger partial charge is 0.254 e. The van der Waals surface area contributed by atoms with Crippen LogP contribution in [0.4, 0.5) is 0 Å². The largest absolute Gasteiger partial charge is 0.379 e. The van der Waals surface area contributed by atoms with Gasteiger partial charge in [-0.3, -0.25) is 14.3 Å². The van der Waals surface area contributed by atoms with Crippen molar-refractivity contribution in [2.75, 3.05) is 52.5 Å². The van der Waals surface area contributed by atoms with E-state index in [2.05, 4.69) is 15.1 Å². The monoisotopic (exact) mass is 357 g/mol. The molecule has 0 bridgehead atoms.